The average molecular weight is 526 g/mol. The minimum absolute atomic E-state index is 0.169. The minimum Gasteiger partial charge on any atom is -0.475 e. The first kappa shape index (κ1) is 26.4. The first-order valence-corrected chi connectivity index (χ1v) is 12.3. The molecule has 1 aliphatic rings. The zero-order chi connectivity index (χ0) is 26.4. The minimum atomic E-state index is -0.520. The molecule has 1 aliphatic heterocycles. The highest BCUT2D eigenvalue weighted by molar-refractivity contribution is 7.96. The van der Waals surface area contributed by atoms with Gasteiger partial charge in [0, 0.05) is 48.3 Å². The van der Waals surface area contributed by atoms with Gasteiger partial charge in [0.05, 0.1) is 24.3 Å². The number of amides is 1. The highest BCUT2D eigenvalue weighted by atomic mass is 32.2. The van der Waals surface area contributed by atoms with Gasteiger partial charge in [0.15, 0.2) is 0 Å². The smallest absolute Gasteiger partial charge is 0.339 e. The molecule has 0 unspecified atom stereocenters. The van der Waals surface area contributed by atoms with Gasteiger partial charge in [0.25, 0.3) is 5.91 Å². The van der Waals surface area contributed by atoms with Gasteiger partial charge in [-0.25, -0.2) is 14.8 Å². The summed E-state index contributed by atoms with van der Waals surface area (Å²) in [5.74, 6) is 0.172. The van der Waals surface area contributed by atoms with Crippen LogP contribution in [0.5, 0.6) is 17.5 Å². The standard InChI is InChI=1S/C25H27N5O6S/c1-16(2)35-22-13-18(24(31)27-21-10-5-17(15-26-21)25(32)34-3)14-23(28-22)36-19-6-8-20(9-7-19)37-30(33)29-11-4-12-29/h5-10,13-16,33H,4,11-12H2,1-3H3,(H,26,27,31). The third-order valence-electron chi connectivity index (χ3n) is 5.13. The Balaban J connectivity index is 1.47. The van der Waals surface area contributed by atoms with E-state index in [1.807, 2.05) is 31.0 Å². The van der Waals surface area contributed by atoms with Crippen molar-refractivity contribution >= 4 is 29.6 Å². The highest BCUT2D eigenvalue weighted by Gasteiger charge is 2.21. The number of hydrazine groups is 1. The number of aromatic nitrogens is 2. The van der Waals surface area contributed by atoms with Crippen LogP contribution >= 0.6 is 11.9 Å². The van der Waals surface area contributed by atoms with Gasteiger partial charge in [-0.15, -0.1) is 0 Å². The quantitative estimate of drug-likeness (QED) is 0.222. The Bertz CT molecular complexity index is 1240. The first-order chi connectivity index (χ1) is 17.8. The lowest BCUT2D eigenvalue weighted by Gasteiger charge is -2.35. The van der Waals surface area contributed by atoms with E-state index in [0.717, 1.165) is 29.0 Å². The second-order valence-electron chi connectivity index (χ2n) is 8.30. The second kappa shape index (κ2) is 12.0. The van der Waals surface area contributed by atoms with E-state index in [4.69, 9.17) is 9.47 Å². The fraction of sp³-hybridized carbons (Fsp3) is 0.280. The Morgan fingerprint density at radius 3 is 2.41 bits per heavy atom. The number of esters is 1. The first-order valence-electron chi connectivity index (χ1n) is 11.5. The molecular weight excluding hydrogens is 498 g/mol. The Morgan fingerprint density at radius 2 is 1.81 bits per heavy atom. The summed E-state index contributed by atoms with van der Waals surface area (Å²) in [7, 11) is 1.28. The number of nitrogens with zero attached hydrogens (tertiary/aromatic N) is 4. The number of nitrogens with one attached hydrogen (secondary N) is 1. The third kappa shape index (κ3) is 7.17. The van der Waals surface area contributed by atoms with Crippen LogP contribution in [0.1, 0.15) is 41.0 Å². The molecule has 2 N–H and O–H groups in total. The van der Waals surface area contributed by atoms with Crippen LogP contribution in [0.4, 0.5) is 5.82 Å². The highest BCUT2D eigenvalue weighted by Crippen LogP contribution is 2.29. The molecule has 0 atom stereocenters. The summed E-state index contributed by atoms with van der Waals surface area (Å²) in [5.41, 5.74) is 0.515. The van der Waals surface area contributed by atoms with E-state index in [2.05, 4.69) is 20.0 Å². The summed E-state index contributed by atoms with van der Waals surface area (Å²) in [4.78, 5) is 33.8. The molecule has 1 saturated heterocycles. The molecule has 3 heterocycles. The number of hydrogen-bond acceptors (Lipinski definition) is 11. The van der Waals surface area contributed by atoms with Crippen LogP contribution in [-0.2, 0) is 4.74 Å². The molecule has 194 valence electrons. The van der Waals surface area contributed by atoms with Gasteiger partial charge in [0.1, 0.15) is 11.6 Å². The van der Waals surface area contributed by atoms with E-state index in [9.17, 15) is 14.8 Å². The van der Waals surface area contributed by atoms with Gasteiger partial charge >= 0.3 is 5.97 Å². The largest absolute Gasteiger partial charge is 0.475 e. The van der Waals surface area contributed by atoms with Crippen LogP contribution in [0.2, 0.25) is 0 Å². The lowest BCUT2D eigenvalue weighted by atomic mass is 10.2. The van der Waals surface area contributed by atoms with Crippen LogP contribution in [0.3, 0.4) is 0 Å². The Morgan fingerprint density at radius 1 is 1.08 bits per heavy atom. The molecule has 0 aliphatic carbocycles. The number of methoxy groups -OCH3 is 1. The number of pyridine rings is 2. The number of anilines is 1. The fourth-order valence-corrected chi connectivity index (χ4v) is 3.90. The van der Waals surface area contributed by atoms with Crippen LogP contribution in [0.25, 0.3) is 0 Å². The van der Waals surface area contributed by atoms with Crippen molar-refractivity contribution in [3.05, 3.63) is 65.9 Å². The van der Waals surface area contributed by atoms with Gasteiger partial charge < -0.3 is 19.5 Å². The van der Waals surface area contributed by atoms with E-state index < -0.39 is 11.9 Å². The maximum absolute atomic E-state index is 12.9. The van der Waals surface area contributed by atoms with Gasteiger partial charge in [-0.3, -0.25) is 10.0 Å². The normalized spacial score (nSPS) is 13.2. The van der Waals surface area contributed by atoms with Crippen molar-refractivity contribution in [1.82, 2.24) is 19.6 Å². The Kier molecular flexibility index (Phi) is 8.56. The van der Waals surface area contributed by atoms with E-state index in [0.29, 0.717) is 5.75 Å². The van der Waals surface area contributed by atoms with Crippen molar-refractivity contribution in [2.75, 3.05) is 25.5 Å². The summed E-state index contributed by atoms with van der Waals surface area (Å²) < 4.78 is 17.4. The van der Waals surface area contributed by atoms with Gasteiger partial charge in [-0.1, -0.05) is 4.58 Å². The predicted octanol–water partition coefficient (Wildman–Crippen LogP) is 4.41. The molecule has 0 radical (unpaired) electrons. The molecule has 12 heteroatoms. The molecule has 1 fully saturated rings. The van der Waals surface area contributed by atoms with Crippen LogP contribution in [0, 0.1) is 0 Å². The van der Waals surface area contributed by atoms with Gasteiger partial charge in [0.2, 0.25) is 11.8 Å². The summed E-state index contributed by atoms with van der Waals surface area (Å²) >= 11 is 1.20. The molecule has 3 aromatic rings. The van der Waals surface area contributed by atoms with E-state index in [1.165, 1.54) is 49.5 Å². The average Bonchev–Trinajstić information content (AvgIpc) is 2.83. The zero-order valence-electron chi connectivity index (χ0n) is 20.6. The summed E-state index contributed by atoms with van der Waals surface area (Å²) in [6.45, 7) is 5.36. The second-order valence-corrected chi connectivity index (χ2v) is 9.28. The molecule has 0 bridgehead atoms. The van der Waals surface area contributed by atoms with E-state index in [-0.39, 0.29) is 34.8 Å². The number of rotatable bonds is 10. The van der Waals surface area contributed by atoms with Crippen molar-refractivity contribution in [2.45, 2.75) is 31.3 Å². The molecule has 2 aromatic heterocycles. The molecule has 11 nitrogen and oxygen atoms in total. The van der Waals surface area contributed by atoms with Crippen molar-refractivity contribution < 1.29 is 29.0 Å². The Labute approximate surface area is 218 Å². The van der Waals surface area contributed by atoms with Crippen LogP contribution < -0.4 is 14.8 Å². The number of benzene rings is 1. The summed E-state index contributed by atoms with van der Waals surface area (Å²) in [6.07, 6.45) is 2.21. The van der Waals surface area contributed by atoms with E-state index in [1.54, 1.807) is 12.1 Å². The number of carbonyl (C=O) groups is 2. The van der Waals surface area contributed by atoms with Gasteiger partial charge in [-0.05, 0) is 56.7 Å². The molecule has 4 rings (SSSR count). The lowest BCUT2D eigenvalue weighted by Crippen LogP contribution is -2.45. The number of hydrogen-bond donors (Lipinski definition) is 2. The van der Waals surface area contributed by atoms with Crippen LogP contribution in [-0.4, -0.2) is 62.9 Å². The Hall–Kier alpha value is -3.71. The summed E-state index contributed by atoms with van der Waals surface area (Å²) in [6, 6.07) is 13.1. The topological polar surface area (TPSA) is 126 Å². The molecule has 1 aromatic carbocycles. The van der Waals surface area contributed by atoms with Gasteiger partial charge in [-0.2, -0.15) is 4.98 Å². The van der Waals surface area contributed by atoms with Crippen molar-refractivity contribution in [1.29, 1.82) is 0 Å². The maximum Gasteiger partial charge on any atom is 0.339 e. The predicted molar refractivity (Wildman–Crippen MR) is 136 cm³/mol. The monoisotopic (exact) mass is 525 g/mol. The molecule has 1 amide bonds. The number of carbonyl (C=O) groups excluding carboxylic acids is 2. The number of ether oxygens (including phenoxy) is 3. The lowest BCUT2D eigenvalue weighted by molar-refractivity contribution is -0.185. The molecular formula is C25H27N5O6S. The molecule has 0 spiro atoms. The van der Waals surface area contributed by atoms with E-state index >= 15 is 0 Å². The van der Waals surface area contributed by atoms with Crippen molar-refractivity contribution in [2.24, 2.45) is 0 Å². The van der Waals surface area contributed by atoms with Crippen molar-refractivity contribution in [3.63, 3.8) is 0 Å². The SMILES string of the molecule is COC(=O)c1ccc(NC(=O)c2cc(Oc3ccc(SN(O)N4CCC4)cc3)nc(OC(C)C)c2)nc1. The van der Waals surface area contributed by atoms with Crippen LogP contribution in [0.15, 0.2) is 59.6 Å². The van der Waals surface area contributed by atoms with Crippen molar-refractivity contribution in [3.8, 4) is 17.5 Å². The fourth-order valence-electron chi connectivity index (χ4n) is 3.17. The maximum atomic E-state index is 12.9. The summed E-state index contributed by atoms with van der Waals surface area (Å²) in [5, 5.41) is 14.6. The molecule has 0 saturated carbocycles. The molecule has 37 heavy (non-hydrogen) atoms. The third-order valence-corrected chi connectivity index (χ3v) is 6.01. The zero-order valence-corrected chi connectivity index (χ0v) is 21.4.